The molecule has 0 aliphatic heterocycles. The van der Waals surface area contributed by atoms with Crippen molar-refractivity contribution < 1.29 is 0 Å². The molecule has 0 bridgehead atoms. The fourth-order valence-corrected chi connectivity index (χ4v) is 2.97. The highest BCUT2D eigenvalue weighted by Crippen LogP contribution is 2.19. The molecule has 0 fully saturated rings. The van der Waals surface area contributed by atoms with E-state index in [1.54, 1.807) is 6.33 Å². The fraction of sp³-hybridized carbons (Fsp3) is 0.467. The molecule has 1 heterocycles. The third-order valence-electron chi connectivity index (χ3n) is 3.26. The number of nitrogens with zero attached hydrogens (tertiary/aromatic N) is 3. The number of hydrogen-bond donors (Lipinski definition) is 0. The molecule has 5 heteroatoms. The van der Waals surface area contributed by atoms with Gasteiger partial charge in [-0.05, 0) is 43.9 Å². The van der Waals surface area contributed by atoms with Gasteiger partial charge in [-0.1, -0.05) is 44.0 Å². The highest BCUT2D eigenvalue weighted by Gasteiger charge is 2.15. The van der Waals surface area contributed by atoms with Gasteiger partial charge in [-0.2, -0.15) is 5.10 Å². The maximum atomic E-state index is 4.40. The van der Waals surface area contributed by atoms with Gasteiger partial charge >= 0.3 is 0 Å². The van der Waals surface area contributed by atoms with Gasteiger partial charge in [0.2, 0.25) is 0 Å². The molecule has 1 unspecified atom stereocenters. The van der Waals surface area contributed by atoms with Crippen molar-refractivity contribution in [2.45, 2.75) is 32.7 Å². The molecule has 3 nitrogen and oxygen atoms in total. The summed E-state index contributed by atoms with van der Waals surface area (Å²) in [4.78, 5) is 4.40. The van der Waals surface area contributed by atoms with Crippen molar-refractivity contribution in [2.24, 2.45) is 5.92 Å². The summed E-state index contributed by atoms with van der Waals surface area (Å²) in [7, 11) is 0. The summed E-state index contributed by atoms with van der Waals surface area (Å²) in [5.41, 5.74) is 1.35. The largest absolute Gasteiger partial charge is 0.248 e. The zero-order valence-corrected chi connectivity index (χ0v) is 14.9. The summed E-state index contributed by atoms with van der Waals surface area (Å²) >= 11 is 7.10. The molecule has 0 aliphatic carbocycles. The number of aromatic nitrogens is 3. The van der Waals surface area contributed by atoms with Gasteiger partial charge < -0.3 is 0 Å². The van der Waals surface area contributed by atoms with Gasteiger partial charge in [-0.3, -0.25) is 0 Å². The van der Waals surface area contributed by atoms with Crippen LogP contribution in [0.4, 0.5) is 0 Å². The van der Waals surface area contributed by atoms with Crippen LogP contribution in [-0.2, 0) is 12.8 Å². The number of benzene rings is 1. The molecule has 0 spiro atoms. The van der Waals surface area contributed by atoms with E-state index in [-0.39, 0.29) is 0 Å². The smallest absolute Gasteiger partial charge is 0.138 e. The van der Waals surface area contributed by atoms with Gasteiger partial charge in [0, 0.05) is 22.3 Å². The van der Waals surface area contributed by atoms with Crippen molar-refractivity contribution in [3.05, 3.63) is 46.5 Å². The normalized spacial score (nSPS) is 12.8. The minimum Gasteiger partial charge on any atom is -0.248 e. The summed E-state index contributed by atoms with van der Waals surface area (Å²) in [6, 6.07) is 8.89. The zero-order chi connectivity index (χ0) is 14.5. The van der Waals surface area contributed by atoms with E-state index in [1.165, 1.54) is 5.56 Å². The molecule has 2 aromatic rings. The fourth-order valence-electron chi connectivity index (χ4n) is 2.24. The predicted molar refractivity (Wildman–Crippen MR) is 89.2 cm³/mol. The van der Waals surface area contributed by atoms with E-state index in [2.05, 4.69) is 80.1 Å². The SMILES string of the molecule is CC(C)n1ncnc1CC(CBr)Cc1ccc(Br)cc1. The van der Waals surface area contributed by atoms with E-state index in [1.807, 2.05) is 4.68 Å². The topological polar surface area (TPSA) is 30.7 Å². The van der Waals surface area contributed by atoms with E-state index in [0.717, 1.165) is 28.5 Å². The standard InChI is InChI=1S/C15H19Br2N3/c1-11(2)20-15(18-10-19-20)8-13(9-16)7-12-3-5-14(17)6-4-12/h3-6,10-11,13H,7-9H2,1-2H3. The van der Waals surface area contributed by atoms with Gasteiger partial charge in [0.25, 0.3) is 0 Å². The number of alkyl halides is 1. The zero-order valence-electron chi connectivity index (χ0n) is 11.8. The lowest BCUT2D eigenvalue weighted by Gasteiger charge is -2.16. The second kappa shape index (κ2) is 7.36. The monoisotopic (exact) mass is 399 g/mol. The van der Waals surface area contributed by atoms with Crippen LogP contribution >= 0.6 is 31.9 Å². The first-order valence-corrected chi connectivity index (χ1v) is 8.70. The van der Waals surface area contributed by atoms with E-state index >= 15 is 0 Å². The Kier molecular flexibility index (Phi) is 5.78. The Morgan fingerprint density at radius 2 is 1.85 bits per heavy atom. The van der Waals surface area contributed by atoms with E-state index in [4.69, 9.17) is 0 Å². The van der Waals surface area contributed by atoms with Crippen molar-refractivity contribution in [2.75, 3.05) is 5.33 Å². The van der Waals surface area contributed by atoms with Crippen LogP contribution in [0, 0.1) is 5.92 Å². The highest BCUT2D eigenvalue weighted by molar-refractivity contribution is 9.10. The maximum absolute atomic E-state index is 4.40. The molecule has 0 saturated carbocycles. The molecule has 0 saturated heterocycles. The Morgan fingerprint density at radius 1 is 1.15 bits per heavy atom. The molecular weight excluding hydrogens is 382 g/mol. The Morgan fingerprint density at radius 3 is 2.45 bits per heavy atom. The molecule has 1 aromatic heterocycles. The molecule has 0 N–H and O–H groups in total. The van der Waals surface area contributed by atoms with Crippen molar-refractivity contribution in [3.63, 3.8) is 0 Å². The third kappa shape index (κ3) is 4.16. The Bertz CT molecular complexity index is 534. The predicted octanol–water partition coefficient (Wildman–Crippen LogP) is 4.42. The molecule has 0 amide bonds. The first kappa shape index (κ1) is 15.7. The van der Waals surface area contributed by atoms with Crippen LogP contribution in [0.1, 0.15) is 31.3 Å². The summed E-state index contributed by atoms with van der Waals surface area (Å²) < 4.78 is 3.13. The summed E-state index contributed by atoms with van der Waals surface area (Å²) in [6.45, 7) is 4.27. The van der Waals surface area contributed by atoms with E-state index < -0.39 is 0 Å². The lowest BCUT2D eigenvalue weighted by molar-refractivity contribution is 0.473. The molecular formula is C15H19Br2N3. The third-order valence-corrected chi connectivity index (χ3v) is 4.71. The minimum absolute atomic E-state index is 0.358. The molecule has 0 radical (unpaired) electrons. The van der Waals surface area contributed by atoms with Crippen molar-refractivity contribution in [3.8, 4) is 0 Å². The van der Waals surface area contributed by atoms with Gasteiger partial charge in [0.15, 0.2) is 0 Å². The van der Waals surface area contributed by atoms with Crippen molar-refractivity contribution in [1.82, 2.24) is 14.8 Å². The molecule has 1 aromatic carbocycles. The number of rotatable bonds is 6. The van der Waals surface area contributed by atoms with Crippen LogP contribution < -0.4 is 0 Å². The lowest BCUT2D eigenvalue weighted by Crippen LogP contribution is -2.16. The maximum Gasteiger partial charge on any atom is 0.138 e. The molecule has 1 atom stereocenters. The molecule has 0 aliphatic rings. The average Bonchev–Trinajstić information content (AvgIpc) is 2.88. The summed E-state index contributed by atoms with van der Waals surface area (Å²) in [5, 5.41) is 5.27. The first-order valence-electron chi connectivity index (χ1n) is 6.79. The highest BCUT2D eigenvalue weighted by atomic mass is 79.9. The van der Waals surface area contributed by atoms with Crippen molar-refractivity contribution >= 4 is 31.9 Å². The second-order valence-electron chi connectivity index (χ2n) is 5.27. The first-order chi connectivity index (χ1) is 9.60. The van der Waals surface area contributed by atoms with Crippen LogP contribution in [0.3, 0.4) is 0 Å². The minimum atomic E-state index is 0.358. The molecule has 108 valence electrons. The van der Waals surface area contributed by atoms with E-state index in [9.17, 15) is 0 Å². The van der Waals surface area contributed by atoms with Gasteiger partial charge in [0.05, 0.1) is 0 Å². The van der Waals surface area contributed by atoms with Crippen molar-refractivity contribution in [1.29, 1.82) is 0 Å². The molecule has 2 rings (SSSR count). The van der Waals surface area contributed by atoms with E-state index in [0.29, 0.717) is 12.0 Å². The van der Waals surface area contributed by atoms with Gasteiger partial charge in [0.1, 0.15) is 12.2 Å². The van der Waals surface area contributed by atoms with Gasteiger partial charge in [-0.25, -0.2) is 9.67 Å². The second-order valence-corrected chi connectivity index (χ2v) is 6.83. The Balaban J connectivity index is 2.05. The Hall–Kier alpha value is -0.680. The summed E-state index contributed by atoms with van der Waals surface area (Å²) in [5.74, 6) is 1.60. The molecule has 20 heavy (non-hydrogen) atoms. The quantitative estimate of drug-likeness (QED) is 0.672. The number of hydrogen-bond acceptors (Lipinski definition) is 2. The summed E-state index contributed by atoms with van der Waals surface area (Å²) in [6.07, 6.45) is 3.64. The van der Waals surface area contributed by atoms with Crippen LogP contribution in [-0.4, -0.2) is 20.1 Å². The lowest BCUT2D eigenvalue weighted by atomic mass is 9.98. The van der Waals surface area contributed by atoms with Gasteiger partial charge in [-0.15, -0.1) is 0 Å². The number of halogens is 2. The Labute approximate surface area is 137 Å². The van der Waals surface area contributed by atoms with Crippen LogP contribution in [0.15, 0.2) is 35.1 Å². The average molecular weight is 401 g/mol. The van der Waals surface area contributed by atoms with Crippen LogP contribution in [0.2, 0.25) is 0 Å². The van der Waals surface area contributed by atoms with Crippen LogP contribution in [0.25, 0.3) is 0 Å². The van der Waals surface area contributed by atoms with Crippen LogP contribution in [0.5, 0.6) is 0 Å².